The molecule has 0 saturated carbocycles. The average Bonchev–Trinajstić information content (AvgIpc) is 3.00. The molecule has 0 aliphatic rings. The average molecular weight is 442 g/mol. The first kappa shape index (κ1) is 20.4. The van der Waals surface area contributed by atoms with Gasteiger partial charge in [0, 0.05) is 16.8 Å². The predicted molar refractivity (Wildman–Crippen MR) is 110 cm³/mol. The molecular weight excluding hydrogens is 427 g/mol. The van der Waals surface area contributed by atoms with Crippen LogP contribution >= 0.6 is 0 Å². The first-order chi connectivity index (χ1) is 14.7. The topological polar surface area (TPSA) is 137 Å². The van der Waals surface area contributed by atoms with Crippen LogP contribution in [0.4, 0.5) is 15.8 Å². The maximum Gasteiger partial charge on any atom is 0.295 e. The van der Waals surface area contributed by atoms with E-state index in [4.69, 9.17) is 0 Å². The van der Waals surface area contributed by atoms with E-state index in [9.17, 15) is 27.6 Å². The van der Waals surface area contributed by atoms with Gasteiger partial charge in [0.15, 0.2) is 5.69 Å². The van der Waals surface area contributed by atoms with Crippen molar-refractivity contribution in [2.75, 3.05) is 0 Å². The molecule has 0 aliphatic carbocycles. The summed E-state index contributed by atoms with van der Waals surface area (Å²) >= 11 is 0. The first-order valence-corrected chi connectivity index (χ1v) is 10.3. The summed E-state index contributed by atoms with van der Waals surface area (Å²) < 4.78 is 47.4. The molecule has 0 saturated heterocycles. The van der Waals surface area contributed by atoms with E-state index in [0.717, 1.165) is 10.7 Å². The van der Waals surface area contributed by atoms with E-state index in [0.29, 0.717) is 0 Å². The van der Waals surface area contributed by atoms with E-state index in [1.165, 1.54) is 30.3 Å². The number of fused-ring (bicyclic) bond motifs is 1. The molecule has 0 unspecified atom stereocenters. The van der Waals surface area contributed by atoms with E-state index in [-0.39, 0.29) is 33.5 Å². The van der Waals surface area contributed by atoms with Crippen LogP contribution in [-0.4, -0.2) is 33.0 Å². The van der Waals surface area contributed by atoms with Crippen LogP contribution in [0.1, 0.15) is 5.69 Å². The lowest BCUT2D eigenvalue weighted by molar-refractivity contribution is 0.434. The number of aromatic nitrogens is 2. The first-order valence-electron chi connectivity index (χ1n) is 8.85. The highest BCUT2D eigenvalue weighted by molar-refractivity contribution is 7.86. The van der Waals surface area contributed by atoms with E-state index < -0.39 is 32.5 Å². The zero-order valence-corrected chi connectivity index (χ0v) is 16.7. The molecule has 1 heterocycles. The lowest BCUT2D eigenvalue weighted by Crippen LogP contribution is -1.99. The maximum atomic E-state index is 13.5. The smallest absolute Gasteiger partial charge is 0.295 e. The minimum atomic E-state index is -4.60. The van der Waals surface area contributed by atoms with Gasteiger partial charge in [-0.1, -0.05) is 30.3 Å². The number of phenols is 1. The van der Waals surface area contributed by atoms with E-state index in [1.54, 1.807) is 25.1 Å². The molecular formula is C20H15FN4O5S. The summed E-state index contributed by atoms with van der Waals surface area (Å²) in [5.74, 6) is -1.45. The van der Waals surface area contributed by atoms with Crippen LogP contribution in [0.15, 0.2) is 69.7 Å². The van der Waals surface area contributed by atoms with Crippen molar-refractivity contribution >= 4 is 32.3 Å². The van der Waals surface area contributed by atoms with Crippen molar-refractivity contribution in [3.8, 4) is 17.3 Å². The van der Waals surface area contributed by atoms with Gasteiger partial charge in [-0.05, 0) is 25.1 Å². The summed E-state index contributed by atoms with van der Waals surface area (Å²) in [6, 6.07) is 12.4. The molecule has 4 rings (SSSR count). The number of aryl methyl sites for hydroxylation is 1. The monoisotopic (exact) mass is 442 g/mol. The second-order valence-electron chi connectivity index (χ2n) is 6.61. The SMILES string of the molecule is Cc1nn(-c2cccc(F)c2)c(O)c1/N=N/c1c(O)cc(S(=O)(=O)O)c2ccccc12. The Morgan fingerprint density at radius 2 is 1.65 bits per heavy atom. The Kier molecular flexibility index (Phi) is 4.91. The largest absolute Gasteiger partial charge is 0.506 e. The quantitative estimate of drug-likeness (QED) is 0.313. The Hall–Kier alpha value is -3.83. The second kappa shape index (κ2) is 7.45. The van der Waals surface area contributed by atoms with Crippen molar-refractivity contribution in [1.82, 2.24) is 9.78 Å². The van der Waals surface area contributed by atoms with Gasteiger partial charge in [0.1, 0.15) is 22.1 Å². The Balaban J connectivity index is 1.85. The molecule has 158 valence electrons. The molecule has 0 bridgehead atoms. The molecule has 11 heteroatoms. The van der Waals surface area contributed by atoms with Crippen molar-refractivity contribution in [3.63, 3.8) is 0 Å². The van der Waals surface area contributed by atoms with Gasteiger partial charge in [-0.2, -0.15) is 18.2 Å². The number of azo groups is 1. The number of aromatic hydroxyl groups is 2. The van der Waals surface area contributed by atoms with Crippen molar-refractivity contribution in [1.29, 1.82) is 0 Å². The predicted octanol–water partition coefficient (Wildman–Crippen LogP) is 4.55. The number of hydrogen-bond acceptors (Lipinski definition) is 7. The standard InChI is InChI=1S/C20H15FN4O5S/c1-11-18(20(27)25(24-11)13-6-4-5-12(21)9-13)22-23-19-15-8-3-2-7-14(15)17(10-16(19)26)31(28,29)30/h2-10,26-27H,1H3,(H,28,29,30)/b23-22+. The zero-order chi connectivity index (χ0) is 22.3. The highest BCUT2D eigenvalue weighted by Gasteiger charge is 2.20. The van der Waals surface area contributed by atoms with Crippen LogP contribution in [-0.2, 0) is 10.1 Å². The fraction of sp³-hybridized carbons (Fsp3) is 0.0500. The van der Waals surface area contributed by atoms with Crippen molar-refractivity contribution in [3.05, 3.63) is 66.1 Å². The number of phenolic OH excluding ortho intramolecular Hbond substituents is 1. The van der Waals surface area contributed by atoms with Crippen LogP contribution in [0.5, 0.6) is 11.6 Å². The molecule has 31 heavy (non-hydrogen) atoms. The molecule has 4 aromatic rings. The summed E-state index contributed by atoms with van der Waals surface area (Å²) in [5.41, 5.74) is 0.462. The van der Waals surface area contributed by atoms with Crippen LogP contribution in [0.3, 0.4) is 0 Å². The third-order valence-corrected chi connectivity index (χ3v) is 5.44. The van der Waals surface area contributed by atoms with Crippen LogP contribution in [0, 0.1) is 12.7 Å². The van der Waals surface area contributed by atoms with Gasteiger partial charge >= 0.3 is 0 Å². The van der Waals surface area contributed by atoms with E-state index in [2.05, 4.69) is 15.3 Å². The van der Waals surface area contributed by atoms with Crippen molar-refractivity contribution in [2.45, 2.75) is 11.8 Å². The summed E-state index contributed by atoms with van der Waals surface area (Å²) in [7, 11) is -4.60. The molecule has 0 spiro atoms. The fourth-order valence-electron chi connectivity index (χ4n) is 3.14. The zero-order valence-electron chi connectivity index (χ0n) is 15.9. The van der Waals surface area contributed by atoms with Crippen molar-refractivity contribution in [2.24, 2.45) is 10.2 Å². The molecule has 0 amide bonds. The van der Waals surface area contributed by atoms with Gasteiger partial charge in [-0.25, -0.2) is 4.39 Å². The third kappa shape index (κ3) is 3.71. The summed E-state index contributed by atoms with van der Waals surface area (Å²) in [4.78, 5) is -0.475. The highest BCUT2D eigenvalue weighted by Crippen LogP contribution is 2.41. The van der Waals surface area contributed by atoms with Gasteiger partial charge < -0.3 is 10.2 Å². The summed E-state index contributed by atoms with van der Waals surface area (Å²) in [5, 5.41) is 33.3. The lowest BCUT2D eigenvalue weighted by Gasteiger charge is -2.08. The number of benzene rings is 3. The van der Waals surface area contributed by atoms with Crippen molar-refractivity contribution < 1.29 is 27.6 Å². The molecule has 0 aliphatic heterocycles. The lowest BCUT2D eigenvalue weighted by atomic mass is 10.1. The van der Waals surface area contributed by atoms with Gasteiger partial charge in [-0.15, -0.1) is 10.2 Å². The van der Waals surface area contributed by atoms with E-state index >= 15 is 0 Å². The highest BCUT2D eigenvalue weighted by atomic mass is 32.2. The Labute approximate surface area is 175 Å². The number of hydrogen-bond donors (Lipinski definition) is 3. The summed E-state index contributed by atoms with van der Waals surface area (Å²) in [6.45, 7) is 1.56. The molecule has 3 N–H and O–H groups in total. The van der Waals surface area contributed by atoms with Gasteiger partial charge in [0.05, 0.1) is 11.4 Å². The Morgan fingerprint density at radius 3 is 2.32 bits per heavy atom. The maximum absolute atomic E-state index is 13.5. The Bertz CT molecular complexity index is 1460. The molecule has 0 fully saturated rings. The second-order valence-corrected chi connectivity index (χ2v) is 8.00. The minimum absolute atomic E-state index is 0.0217. The minimum Gasteiger partial charge on any atom is -0.506 e. The third-order valence-electron chi connectivity index (χ3n) is 4.54. The van der Waals surface area contributed by atoms with E-state index in [1.807, 2.05) is 0 Å². The van der Waals surface area contributed by atoms with Gasteiger partial charge in [0.2, 0.25) is 5.88 Å². The number of halogens is 1. The van der Waals surface area contributed by atoms with Gasteiger partial charge in [-0.3, -0.25) is 4.55 Å². The molecule has 1 aromatic heterocycles. The Morgan fingerprint density at radius 1 is 0.968 bits per heavy atom. The molecule has 9 nitrogen and oxygen atoms in total. The summed E-state index contributed by atoms with van der Waals surface area (Å²) in [6.07, 6.45) is 0. The van der Waals surface area contributed by atoms with Crippen LogP contribution in [0.2, 0.25) is 0 Å². The van der Waals surface area contributed by atoms with Crippen LogP contribution < -0.4 is 0 Å². The number of rotatable bonds is 4. The fourth-order valence-corrected chi connectivity index (χ4v) is 3.86. The molecule has 3 aromatic carbocycles. The molecule has 0 atom stereocenters. The molecule has 0 radical (unpaired) electrons. The number of nitrogens with zero attached hydrogens (tertiary/aromatic N) is 4. The normalized spacial score (nSPS) is 12.1. The van der Waals surface area contributed by atoms with Crippen LogP contribution in [0.25, 0.3) is 16.5 Å². The van der Waals surface area contributed by atoms with Gasteiger partial charge in [0.25, 0.3) is 10.1 Å².